The maximum atomic E-state index is 5.62. The summed E-state index contributed by atoms with van der Waals surface area (Å²) in [6, 6.07) is 8.07. The van der Waals surface area contributed by atoms with Crippen LogP contribution in [0.4, 0.5) is 5.82 Å². The summed E-state index contributed by atoms with van der Waals surface area (Å²) in [7, 11) is 0. The number of nitrogens with zero attached hydrogens (tertiary/aromatic N) is 1. The minimum absolute atomic E-state index is 0.680. The van der Waals surface area contributed by atoms with Gasteiger partial charge in [-0.3, -0.25) is 0 Å². The molecule has 2 aromatic rings. The summed E-state index contributed by atoms with van der Waals surface area (Å²) >= 11 is 0. The number of hydrogen-bond acceptors (Lipinski definition) is 3. The number of aromatic nitrogens is 1. The van der Waals surface area contributed by atoms with Crippen molar-refractivity contribution in [2.75, 3.05) is 18.5 Å². The van der Waals surface area contributed by atoms with Gasteiger partial charge in [-0.15, -0.1) is 0 Å². The van der Waals surface area contributed by atoms with E-state index in [1.54, 1.807) is 0 Å². The van der Waals surface area contributed by atoms with Crippen LogP contribution in [0.1, 0.15) is 20.3 Å². The number of hydrogen-bond donors (Lipinski definition) is 1. The van der Waals surface area contributed by atoms with Gasteiger partial charge in [-0.2, -0.15) is 0 Å². The lowest BCUT2D eigenvalue weighted by molar-refractivity contribution is 0.344. The molecule has 1 aromatic carbocycles. The molecule has 90 valence electrons. The predicted molar refractivity (Wildman–Crippen MR) is 71.7 cm³/mol. The molecule has 0 fully saturated rings. The van der Waals surface area contributed by atoms with Gasteiger partial charge in [-0.05, 0) is 25.5 Å². The molecule has 1 heterocycles. The summed E-state index contributed by atoms with van der Waals surface area (Å²) < 4.78 is 5.62. The van der Waals surface area contributed by atoms with E-state index in [1.165, 1.54) is 0 Å². The summed E-state index contributed by atoms with van der Waals surface area (Å²) in [5.74, 6) is 1.86. The summed E-state index contributed by atoms with van der Waals surface area (Å²) in [5, 5.41) is 5.57. The zero-order valence-electron chi connectivity index (χ0n) is 10.4. The van der Waals surface area contributed by atoms with Gasteiger partial charge in [-0.25, -0.2) is 4.98 Å². The Balaban J connectivity index is 2.45. The summed E-state index contributed by atoms with van der Waals surface area (Å²) in [6.45, 7) is 5.75. The highest BCUT2D eigenvalue weighted by Gasteiger charge is 2.05. The molecule has 3 heteroatoms. The average molecular weight is 230 g/mol. The van der Waals surface area contributed by atoms with Crippen LogP contribution >= 0.6 is 0 Å². The van der Waals surface area contributed by atoms with Gasteiger partial charge in [0.15, 0.2) is 0 Å². The second kappa shape index (κ2) is 5.53. The third kappa shape index (κ3) is 2.49. The van der Waals surface area contributed by atoms with E-state index in [0.717, 1.165) is 35.3 Å². The van der Waals surface area contributed by atoms with Crippen molar-refractivity contribution in [3.63, 3.8) is 0 Å². The molecule has 0 bridgehead atoms. The van der Waals surface area contributed by atoms with Gasteiger partial charge in [-0.1, -0.05) is 19.1 Å². The number of nitrogens with one attached hydrogen (secondary N) is 1. The molecule has 0 radical (unpaired) electrons. The van der Waals surface area contributed by atoms with E-state index < -0.39 is 0 Å². The zero-order chi connectivity index (χ0) is 12.1. The monoisotopic (exact) mass is 230 g/mol. The molecule has 0 aliphatic rings. The lowest BCUT2D eigenvalue weighted by atomic mass is 10.1. The summed E-state index contributed by atoms with van der Waals surface area (Å²) in [6.07, 6.45) is 2.91. The zero-order valence-corrected chi connectivity index (χ0v) is 10.4. The van der Waals surface area contributed by atoms with Crippen molar-refractivity contribution in [3.8, 4) is 5.75 Å². The highest BCUT2D eigenvalue weighted by molar-refractivity contribution is 5.95. The molecule has 3 nitrogen and oxygen atoms in total. The van der Waals surface area contributed by atoms with Crippen LogP contribution in [0.3, 0.4) is 0 Å². The van der Waals surface area contributed by atoms with Gasteiger partial charge in [0, 0.05) is 23.5 Å². The smallest absolute Gasteiger partial charge is 0.133 e. The first-order valence-electron chi connectivity index (χ1n) is 6.11. The molecule has 1 aromatic heterocycles. The topological polar surface area (TPSA) is 34.2 Å². The van der Waals surface area contributed by atoms with Crippen LogP contribution in [-0.2, 0) is 0 Å². The fourth-order valence-corrected chi connectivity index (χ4v) is 1.84. The largest absolute Gasteiger partial charge is 0.493 e. The molecule has 0 aliphatic heterocycles. The Morgan fingerprint density at radius 3 is 2.82 bits per heavy atom. The first kappa shape index (κ1) is 11.7. The number of anilines is 1. The number of fused-ring (bicyclic) bond motifs is 1. The van der Waals surface area contributed by atoms with E-state index >= 15 is 0 Å². The Morgan fingerprint density at radius 1 is 1.18 bits per heavy atom. The van der Waals surface area contributed by atoms with Gasteiger partial charge < -0.3 is 10.1 Å². The second-order valence-electron chi connectivity index (χ2n) is 3.87. The third-order valence-corrected chi connectivity index (χ3v) is 2.61. The van der Waals surface area contributed by atoms with Crippen molar-refractivity contribution in [1.82, 2.24) is 4.98 Å². The third-order valence-electron chi connectivity index (χ3n) is 2.61. The maximum absolute atomic E-state index is 5.62. The van der Waals surface area contributed by atoms with Crippen LogP contribution < -0.4 is 10.1 Å². The van der Waals surface area contributed by atoms with Crippen molar-refractivity contribution >= 4 is 16.6 Å². The van der Waals surface area contributed by atoms with Crippen LogP contribution in [0.25, 0.3) is 10.8 Å². The number of benzene rings is 1. The Morgan fingerprint density at radius 2 is 2.06 bits per heavy atom. The highest BCUT2D eigenvalue weighted by atomic mass is 16.5. The number of rotatable bonds is 5. The molecule has 0 amide bonds. The van der Waals surface area contributed by atoms with Gasteiger partial charge >= 0.3 is 0 Å². The Labute approximate surface area is 102 Å². The molecule has 0 atom stereocenters. The van der Waals surface area contributed by atoms with Gasteiger partial charge in [0.2, 0.25) is 0 Å². The normalized spacial score (nSPS) is 10.5. The first-order valence-corrected chi connectivity index (χ1v) is 6.11. The summed E-state index contributed by atoms with van der Waals surface area (Å²) in [5.41, 5.74) is 0. The Kier molecular flexibility index (Phi) is 3.81. The van der Waals surface area contributed by atoms with E-state index in [0.29, 0.717) is 6.61 Å². The molecule has 0 spiro atoms. The molecule has 1 N–H and O–H groups in total. The van der Waals surface area contributed by atoms with Crippen molar-refractivity contribution in [2.45, 2.75) is 20.3 Å². The molecule has 0 aliphatic carbocycles. The van der Waals surface area contributed by atoms with Crippen LogP contribution in [-0.4, -0.2) is 18.1 Å². The van der Waals surface area contributed by atoms with Gasteiger partial charge in [0.05, 0.1) is 6.61 Å². The quantitative estimate of drug-likeness (QED) is 0.854. The molecule has 0 saturated heterocycles. The molecular formula is C14H18N2O. The molecule has 17 heavy (non-hydrogen) atoms. The van der Waals surface area contributed by atoms with Crippen molar-refractivity contribution < 1.29 is 4.74 Å². The van der Waals surface area contributed by atoms with Crippen molar-refractivity contribution in [1.29, 1.82) is 0 Å². The lowest BCUT2D eigenvalue weighted by Crippen LogP contribution is -2.02. The maximum Gasteiger partial charge on any atom is 0.133 e. The van der Waals surface area contributed by atoms with E-state index in [9.17, 15) is 0 Å². The Bertz CT molecular complexity index is 497. The van der Waals surface area contributed by atoms with Gasteiger partial charge in [0.1, 0.15) is 11.6 Å². The summed E-state index contributed by atoms with van der Waals surface area (Å²) in [4.78, 5) is 4.38. The molecule has 0 saturated carbocycles. The van der Waals surface area contributed by atoms with Crippen molar-refractivity contribution in [2.24, 2.45) is 0 Å². The van der Waals surface area contributed by atoms with Crippen LogP contribution in [0.2, 0.25) is 0 Å². The van der Waals surface area contributed by atoms with Crippen LogP contribution in [0.5, 0.6) is 5.75 Å². The van der Waals surface area contributed by atoms with E-state index in [1.807, 2.05) is 31.3 Å². The predicted octanol–water partition coefficient (Wildman–Crippen LogP) is 3.46. The molecular weight excluding hydrogens is 212 g/mol. The first-order chi connectivity index (χ1) is 8.36. The fourth-order valence-electron chi connectivity index (χ4n) is 1.84. The SMILES string of the molecule is CCCNc1nccc2c(OCC)cccc12. The van der Waals surface area contributed by atoms with Gasteiger partial charge in [0.25, 0.3) is 0 Å². The van der Waals surface area contributed by atoms with Crippen LogP contribution in [0, 0.1) is 0 Å². The van der Waals surface area contributed by atoms with Crippen molar-refractivity contribution in [3.05, 3.63) is 30.5 Å². The highest BCUT2D eigenvalue weighted by Crippen LogP contribution is 2.29. The Hall–Kier alpha value is -1.77. The molecule has 2 rings (SSSR count). The lowest BCUT2D eigenvalue weighted by Gasteiger charge is -2.11. The molecule has 0 unspecified atom stereocenters. The number of ether oxygens (including phenoxy) is 1. The standard InChI is InChI=1S/C14H18N2O/c1-3-9-15-14-12-6-5-7-13(17-4-2)11(12)8-10-16-14/h5-8,10H,3-4,9H2,1-2H3,(H,15,16). The van der Waals surface area contributed by atoms with E-state index in [2.05, 4.69) is 23.3 Å². The average Bonchev–Trinajstić information content (AvgIpc) is 2.37. The number of pyridine rings is 1. The van der Waals surface area contributed by atoms with Crippen LogP contribution in [0.15, 0.2) is 30.5 Å². The van der Waals surface area contributed by atoms with E-state index in [4.69, 9.17) is 4.74 Å². The minimum atomic E-state index is 0.680. The fraction of sp³-hybridized carbons (Fsp3) is 0.357. The second-order valence-corrected chi connectivity index (χ2v) is 3.87. The van der Waals surface area contributed by atoms with E-state index in [-0.39, 0.29) is 0 Å². The minimum Gasteiger partial charge on any atom is -0.493 e.